The number of amides is 4. The van der Waals surface area contributed by atoms with Gasteiger partial charge in [-0.05, 0) is 36.2 Å². The van der Waals surface area contributed by atoms with Crippen molar-refractivity contribution in [1.82, 2.24) is 20.9 Å². The van der Waals surface area contributed by atoms with Crippen molar-refractivity contribution in [2.45, 2.75) is 12.5 Å². The third kappa shape index (κ3) is 3.53. The molecule has 0 bridgehead atoms. The van der Waals surface area contributed by atoms with Gasteiger partial charge in [-0.2, -0.15) is 0 Å². The Hall–Kier alpha value is -4.00. The summed E-state index contributed by atoms with van der Waals surface area (Å²) < 4.78 is 0. The molecule has 4 rings (SSSR count). The smallest absolute Gasteiger partial charge is 0.322 e. The van der Waals surface area contributed by atoms with Crippen LogP contribution in [0.4, 0.5) is 4.79 Å². The van der Waals surface area contributed by atoms with Crippen LogP contribution in [0.3, 0.4) is 0 Å². The largest absolute Gasteiger partial charge is 0.349 e. The Bertz CT molecular complexity index is 1110. The van der Waals surface area contributed by atoms with E-state index < -0.39 is 17.5 Å². The lowest BCUT2D eigenvalue weighted by atomic mass is 9.93. The standard InChI is InChI=1S/C23H20N4O3/c1-15-9-11-16(12-10-15)17-6-2-3-7-18(17)20(28)25-14-23(19-8-4-5-13-24-19)21(29)26-22(30)27-23/h2-13H,14H2,1H3,(H,25,28)(H2,26,27,29,30). The maximum Gasteiger partial charge on any atom is 0.322 e. The van der Waals surface area contributed by atoms with Crippen molar-refractivity contribution in [3.05, 3.63) is 89.7 Å². The number of aryl methyl sites for hydroxylation is 1. The predicted octanol–water partition coefficient (Wildman–Crippen LogP) is 2.52. The molecule has 3 N–H and O–H groups in total. The Morgan fingerprint density at radius 2 is 1.73 bits per heavy atom. The molecule has 1 saturated heterocycles. The second kappa shape index (κ2) is 7.79. The van der Waals surface area contributed by atoms with Crippen molar-refractivity contribution in [2.24, 2.45) is 0 Å². The lowest BCUT2D eigenvalue weighted by Crippen LogP contribution is -2.53. The number of carbonyl (C=O) groups is 3. The van der Waals surface area contributed by atoms with Crippen molar-refractivity contribution in [3.63, 3.8) is 0 Å². The minimum Gasteiger partial charge on any atom is -0.349 e. The zero-order chi connectivity index (χ0) is 21.1. The van der Waals surface area contributed by atoms with E-state index in [0.717, 1.165) is 16.7 Å². The third-order valence-electron chi connectivity index (χ3n) is 5.09. The van der Waals surface area contributed by atoms with Gasteiger partial charge in [0.15, 0.2) is 5.54 Å². The number of hydrogen-bond donors (Lipinski definition) is 3. The van der Waals surface area contributed by atoms with E-state index in [4.69, 9.17) is 0 Å². The number of nitrogens with one attached hydrogen (secondary N) is 3. The number of imide groups is 1. The quantitative estimate of drug-likeness (QED) is 0.573. The predicted molar refractivity (Wildman–Crippen MR) is 112 cm³/mol. The summed E-state index contributed by atoms with van der Waals surface area (Å²) in [5.74, 6) is -0.909. The second-order valence-electron chi connectivity index (χ2n) is 7.12. The molecule has 2 aromatic carbocycles. The van der Waals surface area contributed by atoms with E-state index in [-0.39, 0.29) is 12.5 Å². The Labute approximate surface area is 173 Å². The number of hydrogen-bond acceptors (Lipinski definition) is 4. The van der Waals surface area contributed by atoms with Crippen LogP contribution < -0.4 is 16.0 Å². The Morgan fingerprint density at radius 3 is 2.40 bits per heavy atom. The molecule has 1 fully saturated rings. The summed E-state index contributed by atoms with van der Waals surface area (Å²) in [6.07, 6.45) is 1.53. The van der Waals surface area contributed by atoms with Gasteiger partial charge in [0.05, 0.1) is 12.2 Å². The highest BCUT2D eigenvalue weighted by Gasteiger charge is 2.49. The molecule has 0 spiro atoms. The maximum absolute atomic E-state index is 13.0. The molecule has 7 heteroatoms. The van der Waals surface area contributed by atoms with Crippen LogP contribution in [-0.2, 0) is 10.3 Å². The average molecular weight is 400 g/mol. The number of urea groups is 1. The van der Waals surface area contributed by atoms with Gasteiger partial charge in [0.2, 0.25) is 0 Å². The van der Waals surface area contributed by atoms with Crippen molar-refractivity contribution in [2.75, 3.05) is 6.54 Å². The number of rotatable bonds is 5. The minimum atomic E-state index is -1.47. The third-order valence-corrected chi connectivity index (χ3v) is 5.09. The van der Waals surface area contributed by atoms with E-state index in [2.05, 4.69) is 20.9 Å². The fourth-order valence-corrected chi connectivity index (χ4v) is 3.48. The monoisotopic (exact) mass is 400 g/mol. The zero-order valence-corrected chi connectivity index (χ0v) is 16.3. The zero-order valence-electron chi connectivity index (χ0n) is 16.3. The van der Waals surface area contributed by atoms with Gasteiger partial charge in [0.25, 0.3) is 11.8 Å². The van der Waals surface area contributed by atoms with Crippen LogP contribution in [-0.4, -0.2) is 29.4 Å². The van der Waals surface area contributed by atoms with Crippen LogP contribution in [0, 0.1) is 6.92 Å². The van der Waals surface area contributed by atoms with Gasteiger partial charge in [-0.3, -0.25) is 19.9 Å². The first kappa shape index (κ1) is 19.3. The van der Waals surface area contributed by atoms with Gasteiger partial charge < -0.3 is 10.6 Å². The Morgan fingerprint density at radius 1 is 1.00 bits per heavy atom. The SMILES string of the molecule is Cc1ccc(-c2ccccc2C(=O)NCC2(c3ccccn3)NC(=O)NC2=O)cc1. The second-order valence-corrected chi connectivity index (χ2v) is 7.12. The van der Waals surface area contributed by atoms with E-state index in [0.29, 0.717) is 11.3 Å². The molecule has 1 aliphatic heterocycles. The summed E-state index contributed by atoms with van der Waals surface area (Å²) in [4.78, 5) is 41.7. The summed E-state index contributed by atoms with van der Waals surface area (Å²) in [6, 6.07) is 19.6. The molecule has 1 aromatic heterocycles. The average Bonchev–Trinajstić information content (AvgIpc) is 3.07. The number of carbonyl (C=O) groups excluding carboxylic acids is 3. The lowest BCUT2D eigenvalue weighted by molar-refractivity contribution is -0.124. The summed E-state index contributed by atoms with van der Waals surface area (Å²) in [5.41, 5.74) is 2.18. The number of aromatic nitrogens is 1. The first-order valence-electron chi connectivity index (χ1n) is 9.49. The van der Waals surface area contributed by atoms with Gasteiger partial charge >= 0.3 is 6.03 Å². The highest BCUT2D eigenvalue weighted by Crippen LogP contribution is 2.26. The molecule has 7 nitrogen and oxygen atoms in total. The molecule has 1 aliphatic rings. The van der Waals surface area contributed by atoms with Gasteiger partial charge in [0, 0.05) is 11.8 Å². The molecular weight excluding hydrogens is 380 g/mol. The van der Waals surface area contributed by atoms with Crippen molar-refractivity contribution >= 4 is 17.8 Å². The first-order chi connectivity index (χ1) is 14.5. The van der Waals surface area contributed by atoms with Crippen LogP contribution in [0.25, 0.3) is 11.1 Å². The van der Waals surface area contributed by atoms with Crippen molar-refractivity contribution < 1.29 is 14.4 Å². The van der Waals surface area contributed by atoms with Crippen LogP contribution >= 0.6 is 0 Å². The van der Waals surface area contributed by atoms with Gasteiger partial charge in [0.1, 0.15) is 0 Å². The Kier molecular flexibility index (Phi) is 5.02. The van der Waals surface area contributed by atoms with E-state index in [9.17, 15) is 14.4 Å². The normalized spacial score (nSPS) is 17.9. The number of pyridine rings is 1. The fourth-order valence-electron chi connectivity index (χ4n) is 3.48. The first-order valence-corrected chi connectivity index (χ1v) is 9.49. The summed E-state index contributed by atoms with van der Waals surface area (Å²) in [5, 5.41) is 7.65. The summed E-state index contributed by atoms with van der Waals surface area (Å²) in [6.45, 7) is 1.86. The van der Waals surface area contributed by atoms with Crippen LogP contribution in [0.5, 0.6) is 0 Å². The maximum atomic E-state index is 13.0. The molecule has 2 heterocycles. The van der Waals surface area contributed by atoms with E-state index in [1.165, 1.54) is 6.20 Å². The molecule has 150 valence electrons. The van der Waals surface area contributed by atoms with Gasteiger partial charge in [-0.1, -0.05) is 54.1 Å². The van der Waals surface area contributed by atoms with Crippen LogP contribution in [0.2, 0.25) is 0 Å². The molecule has 30 heavy (non-hydrogen) atoms. The van der Waals surface area contributed by atoms with Crippen molar-refractivity contribution in [3.8, 4) is 11.1 Å². The summed E-state index contributed by atoms with van der Waals surface area (Å²) in [7, 11) is 0. The van der Waals surface area contributed by atoms with Gasteiger partial charge in [-0.25, -0.2) is 4.79 Å². The molecule has 1 unspecified atom stereocenters. The molecule has 0 radical (unpaired) electrons. The van der Waals surface area contributed by atoms with Crippen LogP contribution in [0.15, 0.2) is 72.9 Å². The topological polar surface area (TPSA) is 100 Å². The molecular formula is C23H20N4O3. The van der Waals surface area contributed by atoms with Gasteiger partial charge in [-0.15, -0.1) is 0 Å². The Balaban J connectivity index is 1.62. The minimum absolute atomic E-state index is 0.136. The highest BCUT2D eigenvalue weighted by atomic mass is 16.2. The molecule has 0 aliphatic carbocycles. The number of benzene rings is 2. The molecule has 3 aromatic rings. The van der Waals surface area contributed by atoms with Crippen LogP contribution in [0.1, 0.15) is 21.6 Å². The molecule has 0 saturated carbocycles. The molecule has 4 amide bonds. The fraction of sp³-hybridized carbons (Fsp3) is 0.130. The van der Waals surface area contributed by atoms with E-state index >= 15 is 0 Å². The van der Waals surface area contributed by atoms with E-state index in [1.54, 1.807) is 30.3 Å². The molecule has 1 atom stereocenters. The van der Waals surface area contributed by atoms with Crippen molar-refractivity contribution in [1.29, 1.82) is 0 Å². The summed E-state index contributed by atoms with van der Waals surface area (Å²) >= 11 is 0. The highest BCUT2D eigenvalue weighted by molar-refractivity contribution is 6.08. The lowest BCUT2D eigenvalue weighted by Gasteiger charge is -2.25. The van der Waals surface area contributed by atoms with E-state index in [1.807, 2.05) is 43.3 Å². The number of nitrogens with zero attached hydrogens (tertiary/aromatic N) is 1.